The molecular weight excluding hydrogens is 276 g/mol. The maximum atomic E-state index is 12.2. The van der Waals surface area contributed by atoms with Crippen molar-refractivity contribution in [3.8, 4) is 0 Å². The molecule has 0 heterocycles. The summed E-state index contributed by atoms with van der Waals surface area (Å²) < 4.78 is 0. The minimum Gasteiger partial charge on any atom is -0.393 e. The highest BCUT2D eigenvalue weighted by molar-refractivity contribution is 5.74. The van der Waals surface area contributed by atoms with Gasteiger partial charge in [-0.3, -0.25) is 0 Å². The zero-order valence-electron chi connectivity index (χ0n) is 13.6. The number of carbonyl (C=O) groups is 1. The average molecular weight is 304 g/mol. The third-order valence-electron chi connectivity index (χ3n) is 4.28. The van der Waals surface area contributed by atoms with Crippen LogP contribution < -0.4 is 10.6 Å². The minimum absolute atomic E-state index is 0.0374. The largest absolute Gasteiger partial charge is 0.393 e. The number of hydrogen-bond acceptors (Lipinski definition) is 2. The molecule has 22 heavy (non-hydrogen) atoms. The van der Waals surface area contributed by atoms with Gasteiger partial charge in [0, 0.05) is 6.54 Å². The Hall–Kier alpha value is -1.55. The second-order valence-electron chi connectivity index (χ2n) is 6.78. The molecule has 0 unspecified atom stereocenters. The van der Waals surface area contributed by atoms with Crippen molar-refractivity contribution in [2.45, 2.75) is 51.7 Å². The normalized spacial score (nSPS) is 22.5. The molecule has 2 amide bonds. The first kappa shape index (κ1) is 16.8. The lowest BCUT2D eigenvalue weighted by molar-refractivity contribution is 0.177. The van der Waals surface area contributed by atoms with Crippen LogP contribution in [0.1, 0.15) is 51.1 Å². The number of amides is 2. The molecule has 2 rings (SSSR count). The first-order valence-electron chi connectivity index (χ1n) is 8.32. The number of carbonyl (C=O) groups excluding carboxylic acids is 1. The lowest BCUT2D eigenvalue weighted by Crippen LogP contribution is -2.40. The predicted molar refractivity (Wildman–Crippen MR) is 88.5 cm³/mol. The zero-order valence-corrected chi connectivity index (χ0v) is 13.6. The molecule has 1 fully saturated rings. The molecule has 0 spiro atoms. The fraction of sp³-hybridized carbons (Fsp3) is 0.611. The number of aliphatic hydroxyl groups is 1. The Balaban J connectivity index is 1.85. The molecule has 1 aromatic rings. The molecule has 3 N–H and O–H groups in total. The molecule has 0 saturated heterocycles. The van der Waals surface area contributed by atoms with E-state index in [1.165, 1.54) is 0 Å². The van der Waals surface area contributed by atoms with E-state index in [1.807, 2.05) is 18.2 Å². The number of urea groups is 1. The van der Waals surface area contributed by atoms with E-state index in [9.17, 15) is 9.90 Å². The highest BCUT2D eigenvalue weighted by Crippen LogP contribution is 2.24. The van der Waals surface area contributed by atoms with E-state index >= 15 is 0 Å². The summed E-state index contributed by atoms with van der Waals surface area (Å²) in [7, 11) is 0. The molecule has 122 valence electrons. The molecule has 4 heteroatoms. The van der Waals surface area contributed by atoms with Crippen molar-refractivity contribution in [3.05, 3.63) is 35.9 Å². The standard InChI is InChI=1S/C18H28N2O2/c1-13(2)10-17(15-6-4-3-5-7-15)20-18(22)19-12-14-8-9-16(21)11-14/h3-7,13-14,16-17,21H,8-12H2,1-2H3,(H2,19,20,22)/t14-,16+,17-/m0/s1. The Kier molecular flexibility index (Phi) is 6.25. The van der Waals surface area contributed by atoms with E-state index in [2.05, 4.69) is 36.6 Å². The third-order valence-corrected chi connectivity index (χ3v) is 4.28. The molecule has 4 nitrogen and oxygen atoms in total. The first-order chi connectivity index (χ1) is 10.5. The molecule has 1 aliphatic rings. The Morgan fingerprint density at radius 3 is 2.59 bits per heavy atom. The van der Waals surface area contributed by atoms with Crippen LogP contribution in [-0.2, 0) is 0 Å². The second kappa shape index (κ2) is 8.18. The van der Waals surface area contributed by atoms with Gasteiger partial charge in [-0.25, -0.2) is 4.79 Å². The number of nitrogens with one attached hydrogen (secondary N) is 2. The molecule has 1 saturated carbocycles. The Morgan fingerprint density at radius 1 is 1.27 bits per heavy atom. The monoisotopic (exact) mass is 304 g/mol. The van der Waals surface area contributed by atoms with Gasteiger partial charge in [0.25, 0.3) is 0 Å². The third kappa shape index (κ3) is 5.34. The first-order valence-corrected chi connectivity index (χ1v) is 8.32. The van der Waals surface area contributed by atoms with Crippen LogP contribution in [0.25, 0.3) is 0 Å². The van der Waals surface area contributed by atoms with E-state index in [1.54, 1.807) is 0 Å². The summed E-state index contributed by atoms with van der Waals surface area (Å²) in [5.41, 5.74) is 1.14. The Bertz CT molecular complexity index is 461. The van der Waals surface area contributed by atoms with Crippen LogP contribution in [-0.4, -0.2) is 23.8 Å². The molecule has 0 aromatic heterocycles. The summed E-state index contributed by atoms with van der Waals surface area (Å²) in [4.78, 5) is 12.2. The SMILES string of the molecule is CC(C)C[C@H](NC(=O)NC[C@H]1CC[C@@H](O)C1)c1ccccc1. The molecule has 1 aliphatic carbocycles. The Morgan fingerprint density at radius 2 is 2.00 bits per heavy atom. The van der Waals surface area contributed by atoms with Gasteiger partial charge in [-0.05, 0) is 43.1 Å². The average Bonchev–Trinajstić information content (AvgIpc) is 2.91. The van der Waals surface area contributed by atoms with Crippen LogP contribution >= 0.6 is 0 Å². The van der Waals surface area contributed by atoms with Crippen molar-refractivity contribution in [3.63, 3.8) is 0 Å². The summed E-state index contributed by atoms with van der Waals surface area (Å²) in [6.07, 6.45) is 3.38. The van der Waals surface area contributed by atoms with Crippen molar-refractivity contribution >= 4 is 6.03 Å². The summed E-state index contributed by atoms with van der Waals surface area (Å²) in [6, 6.07) is 10.0. The van der Waals surface area contributed by atoms with Crippen LogP contribution in [0, 0.1) is 11.8 Å². The quantitative estimate of drug-likeness (QED) is 0.755. The van der Waals surface area contributed by atoms with E-state index in [-0.39, 0.29) is 18.2 Å². The maximum Gasteiger partial charge on any atom is 0.315 e. The summed E-state index contributed by atoms with van der Waals surface area (Å²) in [5, 5.41) is 15.6. The minimum atomic E-state index is -0.187. The van der Waals surface area contributed by atoms with Gasteiger partial charge in [-0.1, -0.05) is 44.2 Å². The van der Waals surface area contributed by atoms with Gasteiger partial charge in [0.15, 0.2) is 0 Å². The van der Waals surface area contributed by atoms with Crippen molar-refractivity contribution in [2.75, 3.05) is 6.54 Å². The number of hydrogen-bond donors (Lipinski definition) is 3. The topological polar surface area (TPSA) is 61.4 Å². The van der Waals surface area contributed by atoms with E-state index in [4.69, 9.17) is 0 Å². The van der Waals surface area contributed by atoms with E-state index in [0.29, 0.717) is 18.4 Å². The van der Waals surface area contributed by atoms with Crippen molar-refractivity contribution in [1.82, 2.24) is 10.6 Å². The summed E-state index contributed by atoms with van der Waals surface area (Å²) in [5.74, 6) is 0.913. The van der Waals surface area contributed by atoms with Gasteiger partial charge in [0.05, 0.1) is 12.1 Å². The second-order valence-corrected chi connectivity index (χ2v) is 6.78. The summed E-state index contributed by atoms with van der Waals surface area (Å²) in [6.45, 7) is 4.97. The molecule has 3 atom stereocenters. The van der Waals surface area contributed by atoms with Crippen molar-refractivity contribution in [2.24, 2.45) is 11.8 Å². The molecule has 0 aliphatic heterocycles. The van der Waals surface area contributed by atoms with Crippen LogP contribution in [0.3, 0.4) is 0 Å². The van der Waals surface area contributed by atoms with Crippen LogP contribution in [0.4, 0.5) is 4.79 Å². The smallest absolute Gasteiger partial charge is 0.315 e. The lowest BCUT2D eigenvalue weighted by atomic mass is 9.97. The summed E-state index contributed by atoms with van der Waals surface area (Å²) >= 11 is 0. The van der Waals surface area contributed by atoms with Gasteiger partial charge in [0.2, 0.25) is 0 Å². The molecule has 1 aromatic carbocycles. The van der Waals surface area contributed by atoms with Crippen LogP contribution in [0.15, 0.2) is 30.3 Å². The molecule has 0 bridgehead atoms. The maximum absolute atomic E-state index is 12.2. The van der Waals surface area contributed by atoms with Crippen LogP contribution in [0.5, 0.6) is 0 Å². The van der Waals surface area contributed by atoms with Gasteiger partial charge in [-0.15, -0.1) is 0 Å². The lowest BCUT2D eigenvalue weighted by Gasteiger charge is -2.22. The fourth-order valence-corrected chi connectivity index (χ4v) is 3.12. The highest BCUT2D eigenvalue weighted by Gasteiger charge is 2.23. The van der Waals surface area contributed by atoms with E-state index in [0.717, 1.165) is 31.2 Å². The highest BCUT2D eigenvalue weighted by atomic mass is 16.3. The number of aliphatic hydroxyl groups excluding tert-OH is 1. The fourth-order valence-electron chi connectivity index (χ4n) is 3.12. The number of benzene rings is 1. The number of rotatable bonds is 6. The van der Waals surface area contributed by atoms with Gasteiger partial charge in [-0.2, -0.15) is 0 Å². The van der Waals surface area contributed by atoms with Gasteiger partial charge < -0.3 is 15.7 Å². The van der Waals surface area contributed by atoms with Gasteiger partial charge >= 0.3 is 6.03 Å². The molecular formula is C18H28N2O2. The van der Waals surface area contributed by atoms with Gasteiger partial charge in [0.1, 0.15) is 0 Å². The predicted octanol–water partition coefficient (Wildman–Crippen LogP) is 3.23. The van der Waals surface area contributed by atoms with Crippen molar-refractivity contribution < 1.29 is 9.90 Å². The van der Waals surface area contributed by atoms with E-state index < -0.39 is 0 Å². The molecule has 0 radical (unpaired) electrons. The zero-order chi connectivity index (χ0) is 15.9. The van der Waals surface area contributed by atoms with Crippen molar-refractivity contribution in [1.29, 1.82) is 0 Å². The Labute approximate surface area is 133 Å². The van der Waals surface area contributed by atoms with Crippen LogP contribution in [0.2, 0.25) is 0 Å².